The predicted octanol–water partition coefficient (Wildman–Crippen LogP) is 2.31. The zero-order valence-electron chi connectivity index (χ0n) is 7.82. The summed E-state index contributed by atoms with van der Waals surface area (Å²) < 4.78 is 4.92. The van der Waals surface area contributed by atoms with Gasteiger partial charge in [-0.1, -0.05) is 5.16 Å². The first kappa shape index (κ1) is 8.62. The largest absolute Gasteiger partial charge is 0.399 e. The van der Waals surface area contributed by atoms with Crippen LogP contribution >= 0.6 is 0 Å². The first-order chi connectivity index (χ1) is 6.75. The maximum absolute atomic E-state index is 5.57. The third-order valence-corrected chi connectivity index (χ3v) is 1.94. The Morgan fingerprint density at radius 3 is 2.57 bits per heavy atom. The zero-order chi connectivity index (χ0) is 9.97. The number of benzene rings is 1. The highest BCUT2D eigenvalue weighted by atomic mass is 16.5. The van der Waals surface area contributed by atoms with Crippen LogP contribution in [0.1, 0.15) is 5.76 Å². The number of aromatic nitrogens is 1. The summed E-state index contributed by atoms with van der Waals surface area (Å²) in [5.41, 5.74) is 8.15. The van der Waals surface area contributed by atoms with Crippen molar-refractivity contribution in [2.75, 3.05) is 11.1 Å². The van der Waals surface area contributed by atoms with Gasteiger partial charge in [-0.3, -0.25) is 0 Å². The fraction of sp³-hybridized carbons (Fsp3) is 0.100. The molecule has 14 heavy (non-hydrogen) atoms. The standard InChI is InChI=1S/C10H11N3O/c1-7-10(6-12-14-7)13-9-4-2-8(11)3-5-9/h2-6,13H,11H2,1H3. The van der Waals surface area contributed by atoms with Crippen LogP contribution < -0.4 is 11.1 Å². The molecular formula is C10H11N3O. The van der Waals surface area contributed by atoms with Gasteiger partial charge in [-0.05, 0) is 31.2 Å². The minimum Gasteiger partial charge on any atom is -0.399 e. The Labute approximate surface area is 81.7 Å². The molecule has 4 nitrogen and oxygen atoms in total. The van der Waals surface area contributed by atoms with E-state index in [9.17, 15) is 0 Å². The Morgan fingerprint density at radius 1 is 1.29 bits per heavy atom. The fourth-order valence-electron chi connectivity index (χ4n) is 1.14. The van der Waals surface area contributed by atoms with Crippen LogP contribution in [0.15, 0.2) is 35.0 Å². The lowest BCUT2D eigenvalue weighted by molar-refractivity contribution is 0.398. The Balaban J connectivity index is 2.19. The highest BCUT2D eigenvalue weighted by Crippen LogP contribution is 2.20. The Morgan fingerprint density at radius 2 is 2.00 bits per heavy atom. The fourth-order valence-corrected chi connectivity index (χ4v) is 1.14. The number of nitrogens with two attached hydrogens (primary N) is 1. The molecule has 0 atom stereocenters. The molecule has 0 amide bonds. The molecule has 1 aromatic carbocycles. The molecule has 0 radical (unpaired) electrons. The Hall–Kier alpha value is -1.97. The molecule has 0 saturated carbocycles. The van der Waals surface area contributed by atoms with Crippen molar-refractivity contribution >= 4 is 17.1 Å². The predicted molar refractivity (Wildman–Crippen MR) is 55.4 cm³/mol. The van der Waals surface area contributed by atoms with Gasteiger partial charge in [0.1, 0.15) is 5.69 Å². The molecule has 0 bridgehead atoms. The summed E-state index contributed by atoms with van der Waals surface area (Å²) in [5.74, 6) is 0.766. The Kier molecular flexibility index (Phi) is 2.10. The van der Waals surface area contributed by atoms with Gasteiger partial charge >= 0.3 is 0 Å². The van der Waals surface area contributed by atoms with E-state index >= 15 is 0 Å². The average Bonchev–Trinajstić information content (AvgIpc) is 2.56. The summed E-state index contributed by atoms with van der Waals surface area (Å²) in [6, 6.07) is 7.49. The van der Waals surface area contributed by atoms with Crippen LogP contribution in [0.3, 0.4) is 0 Å². The van der Waals surface area contributed by atoms with Gasteiger partial charge in [0.25, 0.3) is 0 Å². The van der Waals surface area contributed by atoms with Gasteiger partial charge in [0.15, 0.2) is 5.76 Å². The first-order valence-corrected chi connectivity index (χ1v) is 4.29. The number of hydrogen-bond donors (Lipinski definition) is 2. The SMILES string of the molecule is Cc1oncc1Nc1ccc(N)cc1. The molecule has 0 fully saturated rings. The molecule has 3 N–H and O–H groups in total. The molecule has 0 aliphatic heterocycles. The molecule has 2 aromatic rings. The number of nitrogens with zero attached hydrogens (tertiary/aromatic N) is 1. The number of rotatable bonds is 2. The summed E-state index contributed by atoms with van der Waals surface area (Å²) >= 11 is 0. The Bertz CT molecular complexity index is 419. The number of nitrogens with one attached hydrogen (secondary N) is 1. The topological polar surface area (TPSA) is 64.1 Å². The monoisotopic (exact) mass is 189 g/mol. The summed E-state index contributed by atoms with van der Waals surface area (Å²) in [6.45, 7) is 1.85. The van der Waals surface area contributed by atoms with E-state index in [2.05, 4.69) is 10.5 Å². The van der Waals surface area contributed by atoms with Gasteiger partial charge in [0.05, 0.1) is 6.20 Å². The summed E-state index contributed by atoms with van der Waals surface area (Å²) in [4.78, 5) is 0. The molecule has 0 unspecified atom stereocenters. The van der Waals surface area contributed by atoms with E-state index in [0.29, 0.717) is 0 Å². The lowest BCUT2D eigenvalue weighted by Crippen LogP contribution is -1.90. The maximum Gasteiger partial charge on any atom is 0.157 e. The second-order valence-corrected chi connectivity index (χ2v) is 3.04. The van der Waals surface area contributed by atoms with Crippen LogP contribution in [0, 0.1) is 6.92 Å². The number of nitrogen functional groups attached to an aromatic ring is 1. The quantitative estimate of drug-likeness (QED) is 0.711. The van der Waals surface area contributed by atoms with Gasteiger partial charge in [-0.25, -0.2) is 0 Å². The van der Waals surface area contributed by atoms with Crippen molar-refractivity contribution in [3.05, 3.63) is 36.2 Å². The van der Waals surface area contributed by atoms with Gasteiger partial charge in [-0.2, -0.15) is 0 Å². The number of aryl methyl sites for hydroxylation is 1. The summed E-state index contributed by atoms with van der Waals surface area (Å²) in [7, 11) is 0. The summed E-state index contributed by atoms with van der Waals surface area (Å²) in [5, 5.41) is 6.84. The molecule has 72 valence electrons. The van der Waals surface area contributed by atoms with E-state index in [1.54, 1.807) is 6.20 Å². The van der Waals surface area contributed by atoms with Crippen LogP contribution in [-0.2, 0) is 0 Å². The molecule has 0 aliphatic rings. The molecule has 2 rings (SSSR count). The molecule has 0 aliphatic carbocycles. The molecular weight excluding hydrogens is 178 g/mol. The van der Waals surface area contributed by atoms with E-state index in [0.717, 1.165) is 22.8 Å². The van der Waals surface area contributed by atoms with Crippen LogP contribution in [0.4, 0.5) is 17.1 Å². The number of anilines is 3. The molecule has 0 saturated heterocycles. The van der Waals surface area contributed by atoms with Crippen molar-refractivity contribution < 1.29 is 4.52 Å². The molecule has 1 aromatic heterocycles. The second-order valence-electron chi connectivity index (χ2n) is 3.04. The van der Waals surface area contributed by atoms with E-state index < -0.39 is 0 Å². The first-order valence-electron chi connectivity index (χ1n) is 4.29. The van der Waals surface area contributed by atoms with Crippen LogP contribution in [0.2, 0.25) is 0 Å². The third kappa shape index (κ3) is 1.69. The van der Waals surface area contributed by atoms with Crippen molar-refractivity contribution in [3.63, 3.8) is 0 Å². The average molecular weight is 189 g/mol. The smallest absolute Gasteiger partial charge is 0.157 e. The van der Waals surface area contributed by atoms with Gasteiger partial charge in [0, 0.05) is 11.4 Å². The highest BCUT2D eigenvalue weighted by molar-refractivity contribution is 5.62. The summed E-state index contributed by atoms with van der Waals surface area (Å²) in [6.07, 6.45) is 1.64. The van der Waals surface area contributed by atoms with E-state index in [1.807, 2.05) is 31.2 Å². The van der Waals surface area contributed by atoms with Gasteiger partial charge in [-0.15, -0.1) is 0 Å². The van der Waals surface area contributed by atoms with E-state index in [1.165, 1.54) is 0 Å². The van der Waals surface area contributed by atoms with Crippen molar-refractivity contribution in [1.82, 2.24) is 5.16 Å². The maximum atomic E-state index is 5.57. The van der Waals surface area contributed by atoms with E-state index in [-0.39, 0.29) is 0 Å². The normalized spacial score (nSPS) is 10.1. The van der Waals surface area contributed by atoms with Gasteiger partial charge < -0.3 is 15.6 Å². The number of hydrogen-bond acceptors (Lipinski definition) is 4. The van der Waals surface area contributed by atoms with Crippen LogP contribution in [0.25, 0.3) is 0 Å². The van der Waals surface area contributed by atoms with Crippen molar-refractivity contribution in [1.29, 1.82) is 0 Å². The van der Waals surface area contributed by atoms with Crippen LogP contribution in [0.5, 0.6) is 0 Å². The third-order valence-electron chi connectivity index (χ3n) is 1.94. The van der Waals surface area contributed by atoms with Crippen molar-refractivity contribution in [3.8, 4) is 0 Å². The lowest BCUT2D eigenvalue weighted by Gasteiger charge is -2.03. The minimum atomic E-state index is 0.748. The molecule has 1 heterocycles. The highest BCUT2D eigenvalue weighted by Gasteiger charge is 2.01. The second kappa shape index (κ2) is 3.41. The lowest BCUT2D eigenvalue weighted by atomic mass is 10.3. The van der Waals surface area contributed by atoms with Crippen LogP contribution in [-0.4, -0.2) is 5.16 Å². The van der Waals surface area contributed by atoms with Crippen molar-refractivity contribution in [2.24, 2.45) is 0 Å². The molecule has 4 heteroatoms. The zero-order valence-corrected chi connectivity index (χ0v) is 7.82. The minimum absolute atomic E-state index is 0.748. The van der Waals surface area contributed by atoms with E-state index in [4.69, 9.17) is 10.3 Å². The van der Waals surface area contributed by atoms with Crippen molar-refractivity contribution in [2.45, 2.75) is 6.92 Å². The van der Waals surface area contributed by atoms with Gasteiger partial charge in [0.2, 0.25) is 0 Å². The molecule has 0 spiro atoms.